The van der Waals surface area contributed by atoms with E-state index >= 15 is 0 Å². The fraction of sp³-hybridized carbons (Fsp3) is 0.333. The van der Waals surface area contributed by atoms with Crippen LogP contribution in [0.2, 0.25) is 0 Å². The van der Waals surface area contributed by atoms with Crippen LogP contribution in [0.15, 0.2) is 30.3 Å². The van der Waals surface area contributed by atoms with E-state index < -0.39 is 23.4 Å². The number of alkyl halides is 3. The van der Waals surface area contributed by atoms with Crippen LogP contribution in [0.4, 0.5) is 13.2 Å². The minimum Gasteiger partial charge on any atom is -0.545 e. The Kier molecular flexibility index (Phi) is 7.83. The number of hydrogen-bond acceptors (Lipinski definition) is 3. The Morgan fingerprint density at radius 1 is 1.24 bits per heavy atom. The number of benzene rings is 1. The molecule has 2 aromatic rings. The molecule has 0 radical (unpaired) electrons. The fourth-order valence-electron chi connectivity index (χ4n) is 2.58. The quantitative estimate of drug-likeness (QED) is 0.737. The van der Waals surface area contributed by atoms with Crippen molar-refractivity contribution in [3.8, 4) is 11.3 Å². The number of carboxylic acids is 1. The molecule has 1 aromatic carbocycles. The minimum atomic E-state index is -4.87. The van der Waals surface area contributed by atoms with Crippen LogP contribution in [0.3, 0.4) is 0 Å². The number of aryl methyl sites for hydroxylation is 1. The zero-order valence-corrected chi connectivity index (χ0v) is 17.7. The molecule has 0 saturated heterocycles. The maximum Gasteiger partial charge on any atom is 1.00 e. The van der Waals surface area contributed by atoms with Gasteiger partial charge in [0.05, 0.1) is 11.7 Å². The average Bonchev–Trinajstić information content (AvgIpc) is 2.44. The van der Waals surface area contributed by atoms with Crippen molar-refractivity contribution in [2.75, 3.05) is 0 Å². The molecule has 0 bridgehead atoms. The summed E-state index contributed by atoms with van der Waals surface area (Å²) in [6, 6.07) is 8.30. The third kappa shape index (κ3) is 5.62. The van der Waals surface area contributed by atoms with E-state index in [9.17, 15) is 23.1 Å². The standard InChI is InChI=1S/C18H18F3NO2.K/c1-10(2)7-13-9-14(12-6-4-5-11(3)8-12)22-16(18(19,20)21)15(13)17(23)24;/h4-6,8-10H,7H2,1-3H3,(H,23,24);/q;+1/p-1. The van der Waals surface area contributed by atoms with Gasteiger partial charge in [-0.3, -0.25) is 0 Å². The van der Waals surface area contributed by atoms with Gasteiger partial charge in [0, 0.05) is 11.1 Å². The summed E-state index contributed by atoms with van der Waals surface area (Å²) in [5.41, 5.74) is -0.701. The number of aromatic carboxylic acids is 1. The van der Waals surface area contributed by atoms with Gasteiger partial charge in [-0.2, -0.15) is 13.2 Å². The van der Waals surface area contributed by atoms with Gasteiger partial charge in [-0.15, -0.1) is 0 Å². The Bertz CT molecular complexity index is 773. The summed E-state index contributed by atoms with van der Waals surface area (Å²) in [5, 5.41) is 11.3. The summed E-state index contributed by atoms with van der Waals surface area (Å²) in [4.78, 5) is 14.9. The zero-order chi connectivity index (χ0) is 18.1. The van der Waals surface area contributed by atoms with Gasteiger partial charge in [-0.05, 0) is 37.0 Å². The van der Waals surface area contributed by atoms with Crippen molar-refractivity contribution in [3.05, 3.63) is 52.7 Å². The van der Waals surface area contributed by atoms with E-state index in [0.29, 0.717) is 5.56 Å². The van der Waals surface area contributed by atoms with Crippen molar-refractivity contribution in [1.82, 2.24) is 4.98 Å². The molecule has 0 unspecified atom stereocenters. The number of pyridine rings is 1. The van der Waals surface area contributed by atoms with Crippen LogP contribution < -0.4 is 56.5 Å². The number of halogens is 3. The summed E-state index contributed by atoms with van der Waals surface area (Å²) >= 11 is 0. The van der Waals surface area contributed by atoms with Gasteiger partial charge in [-0.25, -0.2) is 4.98 Å². The molecule has 0 aliphatic carbocycles. The molecule has 7 heteroatoms. The first kappa shape index (κ1) is 22.3. The molecule has 0 atom stereocenters. The molecule has 0 aliphatic rings. The van der Waals surface area contributed by atoms with E-state index in [1.54, 1.807) is 32.0 Å². The number of nitrogens with zero attached hydrogens (tertiary/aromatic N) is 1. The predicted octanol–water partition coefficient (Wildman–Crippen LogP) is 0.642. The van der Waals surface area contributed by atoms with Crippen LogP contribution in [0.25, 0.3) is 11.3 Å². The van der Waals surface area contributed by atoms with Crippen molar-refractivity contribution in [2.45, 2.75) is 33.4 Å². The SMILES string of the molecule is Cc1cccc(-c2cc(CC(C)C)c(C(=O)[O-])c(C(F)(F)F)n2)c1.[K+]. The number of carbonyl (C=O) groups is 1. The molecular formula is C18H17F3KNO2. The Morgan fingerprint density at radius 3 is 2.36 bits per heavy atom. The van der Waals surface area contributed by atoms with Crippen molar-refractivity contribution < 1.29 is 74.5 Å². The molecule has 0 N–H and O–H groups in total. The number of rotatable bonds is 4. The van der Waals surface area contributed by atoms with E-state index in [2.05, 4.69) is 4.98 Å². The second-order valence-corrected chi connectivity index (χ2v) is 6.14. The number of aromatic nitrogens is 1. The van der Waals surface area contributed by atoms with Crippen LogP contribution >= 0.6 is 0 Å². The maximum absolute atomic E-state index is 13.3. The van der Waals surface area contributed by atoms with Crippen molar-refractivity contribution >= 4 is 5.97 Å². The van der Waals surface area contributed by atoms with Gasteiger partial charge in [0.1, 0.15) is 0 Å². The molecule has 0 saturated carbocycles. The molecule has 2 rings (SSSR count). The van der Waals surface area contributed by atoms with Gasteiger partial charge in [0.25, 0.3) is 0 Å². The van der Waals surface area contributed by atoms with Gasteiger partial charge < -0.3 is 9.90 Å². The Morgan fingerprint density at radius 2 is 1.88 bits per heavy atom. The molecule has 0 spiro atoms. The largest absolute Gasteiger partial charge is 1.00 e. The topological polar surface area (TPSA) is 53.0 Å². The first-order chi connectivity index (χ1) is 11.1. The number of hydrogen-bond donors (Lipinski definition) is 0. The van der Waals surface area contributed by atoms with E-state index in [1.807, 2.05) is 13.0 Å². The smallest absolute Gasteiger partial charge is 0.545 e. The number of carbonyl (C=O) groups excluding carboxylic acids is 1. The average molecular weight is 375 g/mol. The molecule has 0 amide bonds. The molecule has 25 heavy (non-hydrogen) atoms. The first-order valence-electron chi connectivity index (χ1n) is 7.49. The summed E-state index contributed by atoms with van der Waals surface area (Å²) in [5.74, 6) is -1.88. The fourth-order valence-corrected chi connectivity index (χ4v) is 2.58. The predicted molar refractivity (Wildman–Crippen MR) is 82.3 cm³/mol. The molecule has 0 fully saturated rings. The van der Waals surface area contributed by atoms with Crippen LogP contribution in [-0.2, 0) is 12.6 Å². The summed E-state index contributed by atoms with van der Waals surface area (Å²) in [7, 11) is 0. The summed E-state index contributed by atoms with van der Waals surface area (Å²) in [6.07, 6.45) is -4.69. The number of carboxylic acid groups (broad SMARTS) is 1. The second kappa shape index (κ2) is 8.77. The van der Waals surface area contributed by atoms with Crippen LogP contribution in [0.1, 0.15) is 41.0 Å². The monoisotopic (exact) mass is 375 g/mol. The maximum atomic E-state index is 13.3. The van der Waals surface area contributed by atoms with Crippen LogP contribution in [-0.4, -0.2) is 11.0 Å². The normalized spacial score (nSPS) is 11.3. The Hall–Kier alpha value is -0.734. The van der Waals surface area contributed by atoms with E-state index in [-0.39, 0.29) is 75.0 Å². The van der Waals surface area contributed by atoms with Crippen LogP contribution in [0, 0.1) is 12.8 Å². The van der Waals surface area contributed by atoms with Gasteiger partial charge >= 0.3 is 57.6 Å². The Labute approximate surface area is 187 Å². The molecule has 3 nitrogen and oxygen atoms in total. The molecule has 0 aliphatic heterocycles. The zero-order valence-electron chi connectivity index (χ0n) is 14.6. The first-order valence-corrected chi connectivity index (χ1v) is 7.49. The van der Waals surface area contributed by atoms with Gasteiger partial charge in [0.15, 0.2) is 5.69 Å². The molecule has 128 valence electrons. The van der Waals surface area contributed by atoms with E-state index in [0.717, 1.165) is 5.56 Å². The molecule has 1 aromatic heterocycles. The van der Waals surface area contributed by atoms with Crippen molar-refractivity contribution in [2.24, 2.45) is 5.92 Å². The van der Waals surface area contributed by atoms with Crippen molar-refractivity contribution in [1.29, 1.82) is 0 Å². The molecular weight excluding hydrogens is 358 g/mol. The van der Waals surface area contributed by atoms with Crippen molar-refractivity contribution in [3.63, 3.8) is 0 Å². The van der Waals surface area contributed by atoms with Gasteiger partial charge in [-0.1, -0.05) is 37.6 Å². The molecule has 1 heterocycles. The third-order valence-electron chi connectivity index (χ3n) is 3.52. The summed E-state index contributed by atoms with van der Waals surface area (Å²) in [6.45, 7) is 5.43. The third-order valence-corrected chi connectivity index (χ3v) is 3.52. The van der Waals surface area contributed by atoms with E-state index in [4.69, 9.17) is 0 Å². The Balaban J connectivity index is 0.00000312. The summed E-state index contributed by atoms with van der Waals surface area (Å²) < 4.78 is 40.0. The van der Waals surface area contributed by atoms with Gasteiger partial charge in [0.2, 0.25) is 0 Å². The minimum absolute atomic E-state index is 0. The second-order valence-electron chi connectivity index (χ2n) is 6.14. The van der Waals surface area contributed by atoms with Crippen LogP contribution in [0.5, 0.6) is 0 Å². The van der Waals surface area contributed by atoms with E-state index in [1.165, 1.54) is 6.07 Å².